The average Bonchev–Trinajstić information content (AvgIpc) is 2.47. The molecule has 0 saturated heterocycles. The highest BCUT2D eigenvalue weighted by molar-refractivity contribution is 5.44. The molecule has 0 aliphatic heterocycles. The topological polar surface area (TPSA) is 67.6 Å². The van der Waals surface area contributed by atoms with E-state index in [0.29, 0.717) is 0 Å². The average molecular weight is 204 g/mol. The highest BCUT2D eigenvalue weighted by Gasteiger charge is 2.34. The Morgan fingerprint density at radius 2 is 2.14 bits per heavy atom. The third kappa shape index (κ3) is 2.61. The Hall–Kier alpha value is -1.79. The van der Waals surface area contributed by atoms with Crippen molar-refractivity contribution in [2.45, 2.75) is 6.18 Å². The molecule has 0 aromatic carbocycles. The quantitative estimate of drug-likeness (QED) is 0.713. The van der Waals surface area contributed by atoms with Gasteiger partial charge in [-0.05, 0) is 12.2 Å². The lowest BCUT2D eigenvalue weighted by molar-refractivity contribution is -0.144. The molecule has 0 unspecified atom stereocenters. The summed E-state index contributed by atoms with van der Waals surface area (Å²) in [5.41, 5.74) is 5.38. The summed E-state index contributed by atoms with van der Waals surface area (Å²) in [6, 6.07) is 0. The molecule has 0 aliphatic carbocycles. The van der Waals surface area contributed by atoms with E-state index in [1.54, 1.807) is 5.10 Å². The standard InChI is InChI=1S/C7H7F3N4/c1-4(11)2-3-5-12-6(14-13-5)7(8,9)10/h2-3H,1,11H2,(H,12,13,14)/b3-2-. The predicted molar refractivity (Wildman–Crippen MR) is 43.7 cm³/mol. The number of alkyl halides is 3. The van der Waals surface area contributed by atoms with Gasteiger partial charge in [0.05, 0.1) is 0 Å². The Labute approximate surface area is 77.3 Å². The maximum atomic E-state index is 12.0. The zero-order valence-corrected chi connectivity index (χ0v) is 6.97. The van der Waals surface area contributed by atoms with Gasteiger partial charge in [0.25, 0.3) is 0 Å². The summed E-state index contributed by atoms with van der Waals surface area (Å²) < 4.78 is 36.0. The summed E-state index contributed by atoms with van der Waals surface area (Å²) in [6.45, 7) is 3.33. The van der Waals surface area contributed by atoms with Gasteiger partial charge >= 0.3 is 6.18 Å². The molecule has 0 amide bonds. The van der Waals surface area contributed by atoms with Crippen molar-refractivity contribution in [1.29, 1.82) is 0 Å². The minimum absolute atomic E-state index is 0.0936. The van der Waals surface area contributed by atoms with Crippen LogP contribution in [0.3, 0.4) is 0 Å². The first kappa shape index (κ1) is 10.3. The van der Waals surface area contributed by atoms with Crippen molar-refractivity contribution in [2.75, 3.05) is 0 Å². The van der Waals surface area contributed by atoms with E-state index < -0.39 is 12.0 Å². The minimum Gasteiger partial charge on any atom is -0.399 e. The molecule has 1 aromatic heterocycles. The highest BCUT2D eigenvalue weighted by atomic mass is 19.4. The number of H-pyrrole nitrogens is 1. The monoisotopic (exact) mass is 204 g/mol. The smallest absolute Gasteiger partial charge is 0.399 e. The number of hydrogen-bond acceptors (Lipinski definition) is 3. The number of hydrogen-bond donors (Lipinski definition) is 2. The van der Waals surface area contributed by atoms with Crippen LogP contribution in [0.25, 0.3) is 6.08 Å². The second kappa shape index (κ2) is 3.52. The fourth-order valence-electron chi connectivity index (χ4n) is 0.658. The van der Waals surface area contributed by atoms with Gasteiger partial charge < -0.3 is 5.73 Å². The van der Waals surface area contributed by atoms with Gasteiger partial charge in [-0.2, -0.15) is 18.3 Å². The molecule has 1 heterocycles. The van der Waals surface area contributed by atoms with Crippen LogP contribution < -0.4 is 5.73 Å². The van der Waals surface area contributed by atoms with Crippen molar-refractivity contribution >= 4 is 6.08 Å². The molecular weight excluding hydrogens is 197 g/mol. The summed E-state index contributed by atoms with van der Waals surface area (Å²) in [5.74, 6) is -1.23. The molecule has 7 heteroatoms. The number of aromatic nitrogens is 3. The zero-order valence-electron chi connectivity index (χ0n) is 6.97. The second-order valence-electron chi connectivity index (χ2n) is 2.45. The van der Waals surface area contributed by atoms with Crippen LogP contribution in [-0.2, 0) is 6.18 Å². The largest absolute Gasteiger partial charge is 0.451 e. The van der Waals surface area contributed by atoms with Gasteiger partial charge in [-0.1, -0.05) is 6.58 Å². The van der Waals surface area contributed by atoms with Gasteiger partial charge in [0, 0.05) is 5.70 Å². The molecule has 0 radical (unpaired) electrons. The van der Waals surface area contributed by atoms with Gasteiger partial charge in [0.1, 0.15) is 0 Å². The number of aromatic amines is 1. The van der Waals surface area contributed by atoms with Crippen LogP contribution in [-0.4, -0.2) is 15.2 Å². The summed E-state index contributed by atoms with van der Waals surface area (Å²) in [6.07, 6.45) is -1.98. The fraction of sp³-hybridized carbons (Fsp3) is 0.143. The Morgan fingerprint density at radius 3 is 2.57 bits per heavy atom. The molecule has 0 fully saturated rings. The lowest BCUT2D eigenvalue weighted by atomic mass is 10.4. The van der Waals surface area contributed by atoms with E-state index in [9.17, 15) is 13.2 Å². The summed E-state index contributed by atoms with van der Waals surface area (Å²) in [4.78, 5) is 3.18. The van der Waals surface area contributed by atoms with E-state index in [2.05, 4.69) is 16.7 Å². The van der Waals surface area contributed by atoms with Crippen LogP contribution in [0, 0.1) is 0 Å². The third-order valence-electron chi connectivity index (χ3n) is 1.22. The van der Waals surface area contributed by atoms with Crippen LogP contribution in [0.5, 0.6) is 0 Å². The summed E-state index contributed by atoms with van der Waals surface area (Å²) >= 11 is 0. The molecule has 1 rings (SSSR count). The first-order valence-corrected chi connectivity index (χ1v) is 3.51. The molecule has 0 aliphatic rings. The fourth-order valence-corrected chi connectivity index (χ4v) is 0.658. The third-order valence-corrected chi connectivity index (χ3v) is 1.22. The van der Waals surface area contributed by atoms with Gasteiger partial charge in [0.2, 0.25) is 5.82 Å². The maximum Gasteiger partial charge on any atom is 0.451 e. The van der Waals surface area contributed by atoms with Crippen molar-refractivity contribution in [3.05, 3.63) is 30.0 Å². The van der Waals surface area contributed by atoms with Crippen LogP contribution in [0.2, 0.25) is 0 Å². The lowest BCUT2D eigenvalue weighted by Crippen LogP contribution is -2.07. The Balaban J connectivity index is 2.84. The molecule has 14 heavy (non-hydrogen) atoms. The SMILES string of the molecule is C=C(N)/C=C\c1n[nH]c(C(F)(F)F)n1. The molecule has 1 aromatic rings. The summed E-state index contributed by atoms with van der Waals surface area (Å²) in [7, 11) is 0. The van der Waals surface area contributed by atoms with Crippen LogP contribution in [0.1, 0.15) is 11.6 Å². The number of rotatable bonds is 2. The Morgan fingerprint density at radius 1 is 1.50 bits per heavy atom. The van der Waals surface area contributed by atoms with Gasteiger partial charge in [-0.25, -0.2) is 4.98 Å². The van der Waals surface area contributed by atoms with Gasteiger partial charge in [-0.3, -0.25) is 5.10 Å². The van der Waals surface area contributed by atoms with E-state index in [1.807, 2.05) is 0 Å². The molecule has 0 bridgehead atoms. The van der Waals surface area contributed by atoms with Gasteiger partial charge in [0.15, 0.2) is 5.82 Å². The van der Waals surface area contributed by atoms with E-state index in [1.165, 1.54) is 12.2 Å². The van der Waals surface area contributed by atoms with E-state index in [0.717, 1.165) is 0 Å². The number of nitrogens with two attached hydrogens (primary N) is 1. The predicted octanol–water partition coefficient (Wildman–Crippen LogP) is 1.31. The van der Waals surface area contributed by atoms with Gasteiger partial charge in [-0.15, -0.1) is 0 Å². The number of nitrogens with one attached hydrogen (secondary N) is 1. The van der Waals surface area contributed by atoms with E-state index >= 15 is 0 Å². The first-order valence-electron chi connectivity index (χ1n) is 3.51. The number of nitrogens with zero attached hydrogens (tertiary/aromatic N) is 2. The zero-order chi connectivity index (χ0) is 10.8. The molecule has 0 spiro atoms. The number of halogens is 3. The molecule has 4 nitrogen and oxygen atoms in total. The molecule has 0 atom stereocenters. The van der Waals surface area contributed by atoms with E-state index in [4.69, 9.17) is 5.73 Å². The Bertz CT molecular complexity index is 363. The minimum atomic E-state index is -4.52. The van der Waals surface area contributed by atoms with Crippen molar-refractivity contribution in [3.63, 3.8) is 0 Å². The molecular formula is C7H7F3N4. The summed E-state index contributed by atoms with van der Waals surface area (Å²) in [5, 5.41) is 5.08. The lowest BCUT2D eigenvalue weighted by Gasteiger charge is -1.97. The van der Waals surface area contributed by atoms with Crippen molar-refractivity contribution in [2.24, 2.45) is 5.73 Å². The normalized spacial score (nSPS) is 12.2. The van der Waals surface area contributed by atoms with Crippen molar-refractivity contribution < 1.29 is 13.2 Å². The molecule has 0 saturated carbocycles. The Kier molecular flexibility index (Phi) is 2.59. The van der Waals surface area contributed by atoms with Crippen LogP contribution in [0.4, 0.5) is 13.2 Å². The molecule has 3 N–H and O–H groups in total. The van der Waals surface area contributed by atoms with E-state index in [-0.39, 0.29) is 11.5 Å². The highest BCUT2D eigenvalue weighted by Crippen LogP contribution is 2.25. The second-order valence-corrected chi connectivity index (χ2v) is 2.45. The van der Waals surface area contributed by atoms with Crippen LogP contribution >= 0.6 is 0 Å². The maximum absolute atomic E-state index is 12.0. The first-order chi connectivity index (χ1) is 6.39. The van der Waals surface area contributed by atoms with Crippen molar-refractivity contribution in [3.8, 4) is 0 Å². The number of allylic oxidation sites excluding steroid dienone is 1. The van der Waals surface area contributed by atoms with Crippen molar-refractivity contribution in [1.82, 2.24) is 15.2 Å². The molecule has 76 valence electrons. The van der Waals surface area contributed by atoms with Crippen LogP contribution in [0.15, 0.2) is 18.4 Å².